The second kappa shape index (κ2) is 8.86. The van der Waals surface area contributed by atoms with E-state index in [1.165, 1.54) is 10.0 Å². The van der Waals surface area contributed by atoms with E-state index in [4.69, 9.17) is 4.74 Å². The van der Waals surface area contributed by atoms with Crippen LogP contribution in [0.5, 0.6) is 0 Å². The van der Waals surface area contributed by atoms with Crippen LogP contribution in [0.1, 0.15) is 26.3 Å². The molecule has 0 saturated carbocycles. The van der Waals surface area contributed by atoms with Crippen molar-refractivity contribution in [2.45, 2.75) is 37.6 Å². The van der Waals surface area contributed by atoms with Gasteiger partial charge in [0.2, 0.25) is 0 Å². The van der Waals surface area contributed by atoms with Gasteiger partial charge in [0, 0.05) is 0 Å². The molecule has 1 atom stereocenters. The van der Waals surface area contributed by atoms with Crippen LogP contribution in [0.25, 0.3) is 0 Å². The molecule has 2 aromatic rings. The fourth-order valence-electron chi connectivity index (χ4n) is 2.19. The zero-order valence-electron chi connectivity index (χ0n) is 14.4. The summed E-state index contributed by atoms with van der Waals surface area (Å²) in [6, 6.07) is 20.9. The van der Waals surface area contributed by atoms with Crippen LogP contribution < -0.4 is 4.46 Å². The molecule has 0 bridgehead atoms. The van der Waals surface area contributed by atoms with E-state index in [1.807, 2.05) is 39.0 Å². The third-order valence-corrected chi connectivity index (χ3v) is 5.62. The maximum atomic E-state index is 12.0. The zero-order chi connectivity index (χ0) is 17.4. The van der Waals surface area contributed by atoms with Crippen LogP contribution >= 0.6 is 0 Å². The van der Waals surface area contributed by atoms with Crippen LogP contribution in [-0.4, -0.2) is 26.5 Å². The van der Waals surface area contributed by atoms with E-state index in [1.54, 1.807) is 6.08 Å². The van der Waals surface area contributed by atoms with Crippen molar-refractivity contribution < 1.29 is 9.53 Å². The van der Waals surface area contributed by atoms with Gasteiger partial charge in [0.05, 0.1) is 0 Å². The van der Waals surface area contributed by atoms with Gasteiger partial charge in [-0.15, -0.1) is 0 Å². The van der Waals surface area contributed by atoms with Crippen LogP contribution in [0.2, 0.25) is 4.82 Å². The zero-order valence-corrected chi connectivity index (χ0v) is 16.2. The molecule has 0 heterocycles. The number of ether oxygens (including phenoxy) is 1. The van der Waals surface area contributed by atoms with Gasteiger partial charge in [-0.05, 0) is 0 Å². The molecule has 2 aromatic carbocycles. The molecule has 0 saturated heterocycles. The van der Waals surface area contributed by atoms with Gasteiger partial charge in [0.15, 0.2) is 0 Å². The third-order valence-electron chi connectivity index (χ3n) is 3.16. The molecule has 24 heavy (non-hydrogen) atoms. The predicted octanol–water partition coefficient (Wildman–Crippen LogP) is 3.95. The van der Waals surface area contributed by atoms with Crippen molar-refractivity contribution in [3.63, 3.8) is 0 Å². The van der Waals surface area contributed by atoms with Gasteiger partial charge in [0.25, 0.3) is 0 Å². The van der Waals surface area contributed by atoms with Crippen molar-refractivity contribution in [1.82, 2.24) is 0 Å². The molecule has 126 valence electrons. The number of esters is 1. The van der Waals surface area contributed by atoms with Gasteiger partial charge in [-0.2, -0.15) is 0 Å². The number of rotatable bonds is 6. The van der Waals surface area contributed by atoms with Gasteiger partial charge in [-0.1, -0.05) is 0 Å². The summed E-state index contributed by atoms with van der Waals surface area (Å²) in [4.78, 5) is 12.3. The SMILES string of the molecule is CC(C)(C)OC(=O)/C=C/[C@H](Cc1ccccc1)[Se]c1ccccc1. The van der Waals surface area contributed by atoms with E-state index < -0.39 is 5.60 Å². The Hall–Kier alpha value is -1.83. The number of carbonyl (C=O) groups is 1. The predicted molar refractivity (Wildman–Crippen MR) is 101 cm³/mol. The van der Waals surface area contributed by atoms with E-state index in [9.17, 15) is 4.79 Å². The molecule has 0 aliphatic carbocycles. The third kappa shape index (κ3) is 7.16. The van der Waals surface area contributed by atoms with E-state index in [2.05, 4.69) is 48.5 Å². The molecule has 0 fully saturated rings. The van der Waals surface area contributed by atoms with Crippen LogP contribution in [0.4, 0.5) is 0 Å². The molecule has 2 rings (SSSR count). The first-order valence-corrected chi connectivity index (χ1v) is 9.94. The van der Waals surface area contributed by atoms with Crippen LogP contribution in [0, 0.1) is 0 Å². The van der Waals surface area contributed by atoms with E-state index in [-0.39, 0.29) is 20.9 Å². The minimum absolute atomic E-state index is 0.260. The van der Waals surface area contributed by atoms with E-state index in [0.717, 1.165) is 6.42 Å². The fourth-order valence-corrected chi connectivity index (χ4v) is 4.49. The summed E-state index contributed by atoms with van der Waals surface area (Å²) >= 11 is 0.260. The van der Waals surface area contributed by atoms with Crippen molar-refractivity contribution in [3.8, 4) is 0 Å². The maximum absolute atomic E-state index is 12.0. The standard InChI is InChI=1S/C21H24O2Se/c1-21(2,3)23-20(22)15-14-19(16-17-10-6-4-7-11-17)24-18-12-8-5-9-13-18/h4-15,19H,16H2,1-3H3/b15-14+/t19-/m1/s1. The Morgan fingerprint density at radius 3 is 2.21 bits per heavy atom. The molecule has 0 aromatic heterocycles. The van der Waals surface area contributed by atoms with Crippen LogP contribution in [0.3, 0.4) is 0 Å². The molecular formula is C21H24O2Se. The van der Waals surface area contributed by atoms with Gasteiger partial charge < -0.3 is 0 Å². The van der Waals surface area contributed by atoms with Crippen molar-refractivity contribution in [2.24, 2.45) is 0 Å². The van der Waals surface area contributed by atoms with Crippen molar-refractivity contribution in [3.05, 3.63) is 78.4 Å². The molecular weight excluding hydrogens is 363 g/mol. The normalized spacial score (nSPS) is 13.0. The summed E-state index contributed by atoms with van der Waals surface area (Å²) in [7, 11) is 0. The van der Waals surface area contributed by atoms with Crippen molar-refractivity contribution >= 4 is 25.4 Å². The topological polar surface area (TPSA) is 26.3 Å². The van der Waals surface area contributed by atoms with Crippen LogP contribution in [0.15, 0.2) is 72.8 Å². The second-order valence-corrected chi connectivity index (χ2v) is 9.31. The Morgan fingerprint density at radius 1 is 1.04 bits per heavy atom. The summed E-state index contributed by atoms with van der Waals surface area (Å²) in [6.45, 7) is 5.65. The Bertz CT molecular complexity index is 616. The van der Waals surface area contributed by atoms with Crippen molar-refractivity contribution in [2.75, 3.05) is 0 Å². The average molecular weight is 387 g/mol. The Kier molecular flexibility index (Phi) is 6.84. The number of carbonyl (C=O) groups excluding carboxylic acids is 1. The van der Waals surface area contributed by atoms with Gasteiger partial charge in [0.1, 0.15) is 0 Å². The molecule has 0 radical (unpaired) electrons. The minimum atomic E-state index is -0.457. The van der Waals surface area contributed by atoms with E-state index in [0.29, 0.717) is 4.82 Å². The first-order chi connectivity index (χ1) is 11.4. The molecule has 0 aliphatic heterocycles. The van der Waals surface area contributed by atoms with Crippen LogP contribution in [-0.2, 0) is 16.0 Å². The second-order valence-electron chi connectivity index (χ2n) is 6.55. The van der Waals surface area contributed by atoms with Gasteiger partial charge in [-0.3, -0.25) is 0 Å². The van der Waals surface area contributed by atoms with E-state index >= 15 is 0 Å². The van der Waals surface area contributed by atoms with Crippen molar-refractivity contribution in [1.29, 1.82) is 0 Å². The summed E-state index contributed by atoms with van der Waals surface area (Å²) in [5, 5.41) is 0. The first-order valence-electron chi connectivity index (χ1n) is 8.09. The summed E-state index contributed by atoms with van der Waals surface area (Å²) < 4.78 is 6.70. The molecule has 0 spiro atoms. The first kappa shape index (κ1) is 18.5. The summed E-state index contributed by atoms with van der Waals surface area (Å²) in [6.07, 6.45) is 4.52. The number of benzene rings is 2. The van der Waals surface area contributed by atoms with Gasteiger partial charge in [-0.25, -0.2) is 0 Å². The summed E-state index contributed by atoms with van der Waals surface area (Å²) in [5.74, 6) is -0.274. The molecule has 0 amide bonds. The monoisotopic (exact) mass is 388 g/mol. The average Bonchev–Trinajstić information content (AvgIpc) is 2.53. The number of hydrogen-bond donors (Lipinski definition) is 0. The van der Waals surface area contributed by atoms with Gasteiger partial charge >= 0.3 is 151 Å². The Balaban J connectivity index is 2.08. The molecule has 0 N–H and O–H groups in total. The Labute approximate surface area is 151 Å². The summed E-state index contributed by atoms with van der Waals surface area (Å²) in [5.41, 5.74) is 0.829. The molecule has 3 heteroatoms. The number of hydrogen-bond acceptors (Lipinski definition) is 2. The molecule has 0 unspecified atom stereocenters. The molecule has 0 aliphatic rings. The Morgan fingerprint density at radius 2 is 1.62 bits per heavy atom. The molecule has 2 nitrogen and oxygen atoms in total. The fraction of sp³-hybridized carbons (Fsp3) is 0.286. The quantitative estimate of drug-likeness (QED) is 0.426. The number of allylic oxidation sites excluding steroid dienone is 1.